The van der Waals surface area contributed by atoms with Crippen LogP contribution in [-0.2, 0) is 11.2 Å². The number of carbonyl (C=O) groups excluding carboxylic acids is 1. The molecule has 3 N–H and O–H groups in total. The average Bonchev–Trinajstić information content (AvgIpc) is 2.53. The molecule has 1 aromatic rings. The maximum atomic E-state index is 11.7. The summed E-state index contributed by atoms with van der Waals surface area (Å²) in [7, 11) is 0. The summed E-state index contributed by atoms with van der Waals surface area (Å²) in [6, 6.07) is 5.40. The number of nitrogens with zero attached hydrogens (tertiary/aromatic N) is 3. The van der Waals surface area contributed by atoms with Crippen LogP contribution in [0.3, 0.4) is 0 Å². The van der Waals surface area contributed by atoms with E-state index in [1.807, 2.05) is 23.1 Å². The van der Waals surface area contributed by atoms with E-state index >= 15 is 0 Å². The van der Waals surface area contributed by atoms with Crippen molar-refractivity contribution < 1.29 is 9.53 Å². The summed E-state index contributed by atoms with van der Waals surface area (Å²) in [6.07, 6.45) is 3.40. The molecule has 1 fully saturated rings. The molecule has 21 heavy (non-hydrogen) atoms. The Kier molecular flexibility index (Phi) is 5.96. The molecular weight excluding hydrogens is 270 g/mol. The molecule has 0 saturated carbocycles. The van der Waals surface area contributed by atoms with Crippen molar-refractivity contribution >= 4 is 12.0 Å². The van der Waals surface area contributed by atoms with Gasteiger partial charge in [-0.3, -0.25) is 4.98 Å². The van der Waals surface area contributed by atoms with E-state index in [1.54, 1.807) is 6.20 Å². The lowest BCUT2D eigenvalue weighted by molar-refractivity contribution is 0.0675. The Labute approximate surface area is 124 Å². The lowest BCUT2D eigenvalue weighted by Crippen LogP contribution is -2.45. The van der Waals surface area contributed by atoms with E-state index in [0.29, 0.717) is 32.8 Å². The van der Waals surface area contributed by atoms with Gasteiger partial charge in [-0.1, -0.05) is 6.07 Å². The van der Waals surface area contributed by atoms with Crippen LogP contribution < -0.4 is 11.1 Å². The summed E-state index contributed by atoms with van der Waals surface area (Å²) in [4.78, 5) is 21.6. The van der Waals surface area contributed by atoms with Gasteiger partial charge in [0, 0.05) is 31.5 Å². The Morgan fingerprint density at radius 2 is 2.24 bits per heavy atom. The van der Waals surface area contributed by atoms with Crippen molar-refractivity contribution in [1.29, 1.82) is 0 Å². The van der Waals surface area contributed by atoms with Crippen molar-refractivity contribution in [2.45, 2.75) is 12.8 Å². The van der Waals surface area contributed by atoms with Crippen LogP contribution in [0.4, 0.5) is 4.79 Å². The van der Waals surface area contributed by atoms with Gasteiger partial charge in [0.15, 0.2) is 0 Å². The van der Waals surface area contributed by atoms with Crippen molar-refractivity contribution in [1.82, 2.24) is 15.2 Å². The molecule has 0 bridgehead atoms. The van der Waals surface area contributed by atoms with Crippen LogP contribution in [0.25, 0.3) is 0 Å². The molecule has 114 valence electrons. The summed E-state index contributed by atoms with van der Waals surface area (Å²) in [5.74, 6) is 0.250. The average molecular weight is 291 g/mol. The summed E-state index contributed by atoms with van der Waals surface area (Å²) in [5.41, 5.74) is 6.81. The van der Waals surface area contributed by atoms with E-state index in [4.69, 9.17) is 10.5 Å². The Morgan fingerprint density at radius 3 is 2.95 bits per heavy atom. The molecular formula is C14H21N5O2. The van der Waals surface area contributed by atoms with Crippen molar-refractivity contribution in [3.8, 4) is 0 Å². The molecule has 2 rings (SSSR count). The molecule has 1 aliphatic rings. The fraction of sp³-hybridized carbons (Fsp3) is 0.500. The van der Waals surface area contributed by atoms with Crippen molar-refractivity contribution in [2.75, 3.05) is 32.8 Å². The molecule has 1 aliphatic heterocycles. The second-order valence-corrected chi connectivity index (χ2v) is 4.73. The summed E-state index contributed by atoms with van der Waals surface area (Å²) in [6.45, 7) is 3.11. The number of hydrogen-bond donors (Lipinski definition) is 2. The lowest BCUT2D eigenvalue weighted by Gasteiger charge is -2.27. The number of aryl methyl sites for hydroxylation is 1. The number of ether oxygens (including phenoxy) is 1. The fourth-order valence-electron chi connectivity index (χ4n) is 2.02. The lowest BCUT2D eigenvalue weighted by atomic mass is 10.2. The predicted octanol–water partition coefficient (Wildman–Crippen LogP) is 0.371. The molecule has 0 atom stereocenters. The molecule has 1 saturated heterocycles. The molecule has 0 aromatic carbocycles. The molecule has 0 unspecified atom stereocenters. The van der Waals surface area contributed by atoms with Gasteiger partial charge in [0.05, 0.1) is 13.2 Å². The van der Waals surface area contributed by atoms with Crippen LogP contribution >= 0.6 is 0 Å². The smallest absolute Gasteiger partial charge is 0.344 e. The van der Waals surface area contributed by atoms with Crippen LogP contribution in [0.1, 0.15) is 12.1 Å². The van der Waals surface area contributed by atoms with E-state index in [0.717, 1.165) is 18.5 Å². The van der Waals surface area contributed by atoms with Crippen LogP contribution in [0.15, 0.2) is 29.4 Å². The van der Waals surface area contributed by atoms with Gasteiger partial charge in [-0.25, -0.2) is 4.79 Å². The van der Waals surface area contributed by atoms with Gasteiger partial charge >= 0.3 is 6.03 Å². The van der Waals surface area contributed by atoms with Gasteiger partial charge in [0.25, 0.3) is 0 Å². The Hall–Kier alpha value is -2.15. The monoisotopic (exact) mass is 291 g/mol. The topological polar surface area (TPSA) is 92.8 Å². The zero-order chi connectivity index (χ0) is 14.9. The van der Waals surface area contributed by atoms with Crippen LogP contribution in [0.2, 0.25) is 0 Å². The summed E-state index contributed by atoms with van der Waals surface area (Å²) < 4.78 is 5.22. The number of morpholine rings is 1. The van der Waals surface area contributed by atoms with Crippen molar-refractivity contribution in [2.24, 2.45) is 10.7 Å². The summed E-state index contributed by atoms with van der Waals surface area (Å²) in [5, 5.41) is 2.73. The first kappa shape index (κ1) is 15.2. The molecule has 0 radical (unpaired) electrons. The first-order valence-corrected chi connectivity index (χ1v) is 7.10. The molecule has 2 heterocycles. The third-order valence-electron chi connectivity index (χ3n) is 3.16. The number of nitrogens with two attached hydrogens (primary N) is 1. The van der Waals surface area contributed by atoms with Crippen molar-refractivity contribution in [3.63, 3.8) is 0 Å². The molecule has 1 aromatic heterocycles. The van der Waals surface area contributed by atoms with E-state index in [2.05, 4.69) is 15.3 Å². The molecule has 0 spiro atoms. The van der Waals surface area contributed by atoms with Gasteiger partial charge in [0.1, 0.15) is 0 Å². The largest absolute Gasteiger partial charge is 0.378 e. The van der Waals surface area contributed by atoms with Gasteiger partial charge < -0.3 is 20.7 Å². The second kappa shape index (κ2) is 8.21. The number of amides is 2. The minimum atomic E-state index is -0.403. The third kappa shape index (κ3) is 5.39. The first-order chi connectivity index (χ1) is 10.3. The zero-order valence-electron chi connectivity index (χ0n) is 12.0. The highest BCUT2D eigenvalue weighted by Gasteiger charge is 2.13. The Balaban J connectivity index is 1.67. The molecule has 7 nitrogen and oxygen atoms in total. The number of hydrogen-bond acceptors (Lipinski definition) is 3. The quantitative estimate of drug-likeness (QED) is 0.475. The number of guanidine groups is 1. The number of aliphatic imine (C=N–C) groups is 1. The predicted molar refractivity (Wildman–Crippen MR) is 80.0 cm³/mol. The van der Waals surface area contributed by atoms with Gasteiger partial charge in [-0.15, -0.1) is 0 Å². The number of rotatable bonds is 4. The van der Waals surface area contributed by atoms with Crippen molar-refractivity contribution in [3.05, 3.63) is 30.1 Å². The van der Waals surface area contributed by atoms with Crippen LogP contribution in [-0.4, -0.2) is 54.7 Å². The number of carbonyl (C=O) groups is 1. The van der Waals surface area contributed by atoms with Crippen LogP contribution in [0, 0.1) is 0 Å². The Morgan fingerprint density at radius 1 is 1.43 bits per heavy atom. The molecule has 7 heteroatoms. The number of nitrogens with one attached hydrogen (secondary N) is 1. The second-order valence-electron chi connectivity index (χ2n) is 4.73. The normalized spacial score (nSPS) is 15.8. The van der Waals surface area contributed by atoms with E-state index in [-0.39, 0.29) is 5.96 Å². The van der Waals surface area contributed by atoms with E-state index in [1.165, 1.54) is 0 Å². The zero-order valence-corrected chi connectivity index (χ0v) is 12.0. The highest BCUT2D eigenvalue weighted by molar-refractivity contribution is 5.91. The standard InChI is InChI=1S/C14H21N5O2/c15-13(19-8-10-21-11-9-19)18-14(20)17-7-3-5-12-4-1-2-6-16-12/h1-2,4,6H,3,5,7-11H2,(H3,15,17,18,20). The maximum absolute atomic E-state index is 11.7. The Bertz CT molecular complexity index is 472. The number of aromatic nitrogens is 1. The first-order valence-electron chi connectivity index (χ1n) is 7.10. The van der Waals surface area contributed by atoms with Crippen LogP contribution in [0.5, 0.6) is 0 Å². The SMILES string of the molecule is NC(=NC(=O)NCCCc1ccccn1)N1CCOCC1. The fourth-order valence-corrected chi connectivity index (χ4v) is 2.02. The van der Waals surface area contributed by atoms with Gasteiger partial charge in [-0.2, -0.15) is 4.99 Å². The minimum absolute atomic E-state index is 0.250. The van der Waals surface area contributed by atoms with Gasteiger partial charge in [0.2, 0.25) is 5.96 Å². The van der Waals surface area contributed by atoms with E-state index in [9.17, 15) is 4.79 Å². The maximum Gasteiger partial charge on any atom is 0.344 e. The molecule has 0 aliphatic carbocycles. The number of urea groups is 1. The minimum Gasteiger partial charge on any atom is -0.378 e. The van der Waals surface area contributed by atoms with Gasteiger partial charge in [-0.05, 0) is 25.0 Å². The highest BCUT2D eigenvalue weighted by Crippen LogP contribution is 1.98. The molecule has 2 amide bonds. The van der Waals surface area contributed by atoms with E-state index < -0.39 is 6.03 Å². The third-order valence-corrected chi connectivity index (χ3v) is 3.16. The number of pyridine rings is 1. The highest BCUT2D eigenvalue weighted by atomic mass is 16.5. The summed E-state index contributed by atoms with van der Waals surface area (Å²) >= 11 is 0.